The van der Waals surface area contributed by atoms with Gasteiger partial charge in [0.1, 0.15) is 16.5 Å². The molecule has 52 heavy (non-hydrogen) atoms. The smallest absolute Gasteiger partial charge is 0.425 e. The van der Waals surface area contributed by atoms with Crippen molar-refractivity contribution in [2.45, 2.75) is 41.4 Å². The zero-order valence-corrected chi connectivity index (χ0v) is 32.1. The molecule has 3 N–H and O–H groups in total. The van der Waals surface area contributed by atoms with Crippen LogP contribution in [0.3, 0.4) is 0 Å². The Balaban J connectivity index is 0.00000173. The number of ether oxygens (including phenoxy) is 1. The Kier molecular flexibility index (Phi) is 15.6. The lowest BCUT2D eigenvalue weighted by Crippen LogP contribution is -2.07. The summed E-state index contributed by atoms with van der Waals surface area (Å²) >= 11 is 2.36. The van der Waals surface area contributed by atoms with Crippen molar-refractivity contribution in [3.8, 4) is 5.75 Å². The van der Waals surface area contributed by atoms with Crippen molar-refractivity contribution >= 4 is 86.6 Å². The van der Waals surface area contributed by atoms with E-state index in [4.69, 9.17) is 26.5 Å². The number of nitrogens with zero attached hydrogens (tertiary/aromatic N) is 5. The number of azo groups is 1. The first-order valence-corrected chi connectivity index (χ1v) is 22.1. The number of fused-ring (bicyclic) bond motifs is 1. The molecule has 0 spiro atoms. The molecule has 0 bridgehead atoms. The van der Waals surface area contributed by atoms with Gasteiger partial charge in [-0.15, -0.1) is 12.6 Å². The van der Waals surface area contributed by atoms with Crippen LogP contribution >= 0.6 is 23.5 Å². The van der Waals surface area contributed by atoms with Gasteiger partial charge in [0.15, 0.2) is 10.3 Å². The summed E-state index contributed by atoms with van der Waals surface area (Å²) in [5.74, 6) is 0.619. The van der Waals surface area contributed by atoms with E-state index in [-0.39, 0.29) is 24.2 Å². The lowest BCUT2D eigenvalue weighted by molar-refractivity contribution is 0.410. The summed E-state index contributed by atoms with van der Waals surface area (Å²) in [6, 6.07) is 12.8. The van der Waals surface area contributed by atoms with Gasteiger partial charge in [0.2, 0.25) is 0 Å². The first-order chi connectivity index (χ1) is 24.2. The Labute approximate surface area is 309 Å². The van der Waals surface area contributed by atoms with E-state index in [0.717, 1.165) is 5.56 Å². The summed E-state index contributed by atoms with van der Waals surface area (Å²) < 4.78 is 126. The fourth-order valence-corrected chi connectivity index (χ4v) is 8.12. The molecule has 3 aromatic carbocycles. The van der Waals surface area contributed by atoms with Crippen LogP contribution in [0.5, 0.6) is 5.75 Å². The quantitative estimate of drug-likeness (QED) is 0.0612. The molecule has 0 saturated carbocycles. The molecule has 0 aliphatic carbocycles. The molecule has 1 aromatic heterocycles. The Bertz CT molecular complexity index is 2330. The highest BCUT2D eigenvalue weighted by Crippen LogP contribution is 2.33. The maximum Gasteiger partial charge on any atom is 0.425 e. The van der Waals surface area contributed by atoms with E-state index >= 15 is 0 Å². The van der Waals surface area contributed by atoms with Crippen LogP contribution < -0.4 is 4.74 Å². The maximum absolute atomic E-state index is 11.7. The Morgan fingerprint density at radius 3 is 1.88 bits per heavy atom. The average molecular weight is 838 g/mol. The van der Waals surface area contributed by atoms with Crippen molar-refractivity contribution in [2.24, 2.45) is 10.2 Å². The molecule has 18 nitrogen and oxygen atoms in total. The second-order valence-electron chi connectivity index (χ2n) is 10.5. The number of benzene rings is 3. The second kappa shape index (κ2) is 18.9. The van der Waals surface area contributed by atoms with Crippen molar-refractivity contribution in [1.29, 1.82) is 0 Å². The summed E-state index contributed by atoms with van der Waals surface area (Å²) in [5, 5.41) is 10.2. The lowest BCUT2D eigenvalue weighted by atomic mass is 10.1. The van der Waals surface area contributed by atoms with Crippen LogP contribution in [0.4, 0.5) is 11.4 Å². The molecule has 0 atom stereocenters. The van der Waals surface area contributed by atoms with Crippen molar-refractivity contribution in [3.05, 3.63) is 65.5 Å². The molecule has 0 unspecified atom stereocenters. The summed E-state index contributed by atoms with van der Waals surface area (Å²) in [5.41, 5.74) is 2.42. The summed E-state index contributed by atoms with van der Waals surface area (Å²) in [6.07, 6.45) is 0.534. The number of rotatable bonds is 16. The molecule has 0 saturated heterocycles. The van der Waals surface area contributed by atoms with Crippen LogP contribution in [0.15, 0.2) is 74.0 Å². The largest absolute Gasteiger partial charge is 0.496 e. The monoisotopic (exact) mass is 837 g/mol. The maximum atomic E-state index is 11.7. The first kappa shape index (κ1) is 42.8. The Hall–Kier alpha value is -3.62. The Morgan fingerprint density at radius 1 is 0.788 bits per heavy atom. The van der Waals surface area contributed by atoms with Gasteiger partial charge in [-0.2, -0.15) is 40.5 Å². The zero-order valence-electron chi connectivity index (χ0n) is 27.2. The van der Waals surface area contributed by atoms with E-state index in [1.807, 2.05) is 13.0 Å². The molecule has 0 aliphatic rings. The van der Waals surface area contributed by atoms with Gasteiger partial charge >= 0.3 is 10.6 Å². The molecular formula is C28H31N5O13S6. The summed E-state index contributed by atoms with van der Waals surface area (Å²) in [6.45, 7) is 1.83. The highest BCUT2D eigenvalue weighted by atomic mass is 32.2. The molecule has 1 heterocycles. The molecule has 0 aliphatic heterocycles. The molecule has 0 amide bonds. The van der Waals surface area contributed by atoms with Gasteiger partial charge in [-0.25, -0.2) is 9.97 Å². The highest BCUT2D eigenvalue weighted by Gasteiger charge is 2.16. The molecule has 4 aromatic rings. The van der Waals surface area contributed by atoms with Gasteiger partial charge in [0, 0.05) is 34.9 Å². The zero-order chi connectivity index (χ0) is 38.7. The first-order valence-electron chi connectivity index (χ1n) is 14.5. The molecular weight excluding hydrogens is 807 g/mol. The average Bonchev–Trinajstić information content (AvgIpc) is 3.03. The van der Waals surface area contributed by atoms with Crippen LogP contribution in [0.2, 0.25) is 0 Å². The van der Waals surface area contributed by atoms with Gasteiger partial charge in [-0.3, -0.25) is 13.7 Å². The minimum Gasteiger partial charge on any atom is -0.496 e. The van der Waals surface area contributed by atoms with Crippen LogP contribution in [0.25, 0.3) is 10.8 Å². The number of hydrogen-bond donors (Lipinski definition) is 3. The Morgan fingerprint density at radius 2 is 1.37 bits per heavy atom. The second-order valence-corrected chi connectivity index (χ2v) is 17.5. The van der Waals surface area contributed by atoms with E-state index in [2.05, 4.69) is 25.2 Å². The molecule has 282 valence electrons. The number of thioether (sulfide) groups is 2. The van der Waals surface area contributed by atoms with E-state index < -0.39 is 52.5 Å². The van der Waals surface area contributed by atoms with Crippen LogP contribution in [0.1, 0.15) is 29.8 Å². The van der Waals surface area contributed by atoms with Gasteiger partial charge in [0.05, 0.1) is 30.0 Å². The fraction of sp³-hybridized carbons (Fsp3) is 0.321. The number of aryl methyl sites for hydroxylation is 1. The van der Waals surface area contributed by atoms with Gasteiger partial charge in [-0.05, 0) is 55.0 Å². The number of aromatic nitrogens is 3. The normalized spacial score (nSPS) is 12.1. The van der Waals surface area contributed by atoms with Crippen molar-refractivity contribution in [3.63, 3.8) is 0 Å². The lowest BCUT2D eigenvalue weighted by Gasteiger charge is -2.12. The molecule has 0 fully saturated rings. The summed E-state index contributed by atoms with van der Waals surface area (Å²) in [4.78, 5) is 13.2. The third kappa shape index (κ3) is 14.8. The van der Waals surface area contributed by atoms with Gasteiger partial charge in [0.25, 0.3) is 30.4 Å². The van der Waals surface area contributed by atoms with Crippen molar-refractivity contribution < 1.29 is 56.3 Å². The van der Waals surface area contributed by atoms with E-state index in [1.165, 1.54) is 42.8 Å². The minimum absolute atomic E-state index is 0.162. The molecule has 0 radical (unpaired) electrons. The number of hydrogen-bond acceptors (Lipinski definition) is 17. The summed E-state index contributed by atoms with van der Waals surface area (Å²) in [7, 11) is -14.2. The standard InChI is InChI=1S/C28H31N5O10S5.O3S/c1-18-14-20(16-26-29-27(44-10-4-12-46(34,35)36)31-28(30-26)45-11-5-13-47(37,38)39)24(43-2)17-23(18)33-32-21-8-9-22-19(15-21)6-3-7-25(22)48(40,41)42;1-4(2)3/h3,6-9,14-15,17H,4-5,10-13,16H2,1-2H3,(H,34,35,36)(H,37,38,39)(H,40,41,42);. The third-order valence-electron chi connectivity index (χ3n) is 6.52. The highest BCUT2D eigenvalue weighted by molar-refractivity contribution is 7.99. The van der Waals surface area contributed by atoms with Crippen molar-refractivity contribution in [1.82, 2.24) is 15.0 Å². The third-order valence-corrected chi connectivity index (χ3v) is 10.9. The fourth-order valence-electron chi connectivity index (χ4n) is 4.38. The predicted molar refractivity (Wildman–Crippen MR) is 192 cm³/mol. The van der Waals surface area contributed by atoms with E-state index in [1.54, 1.807) is 30.3 Å². The molecule has 4 rings (SSSR count). The van der Waals surface area contributed by atoms with Crippen LogP contribution in [0, 0.1) is 6.92 Å². The van der Waals surface area contributed by atoms with E-state index in [9.17, 15) is 29.8 Å². The van der Waals surface area contributed by atoms with Crippen molar-refractivity contribution in [2.75, 3.05) is 30.1 Å². The van der Waals surface area contributed by atoms with Crippen LogP contribution in [-0.4, -0.2) is 96.6 Å². The number of methoxy groups -OCH3 is 1. The molecule has 24 heteroatoms. The predicted octanol–water partition coefficient (Wildman–Crippen LogP) is 4.33. The minimum atomic E-state index is -4.40. The van der Waals surface area contributed by atoms with Gasteiger partial charge in [-0.1, -0.05) is 41.7 Å². The SMILES string of the molecule is COc1cc(N=Nc2ccc3c(S(=O)(=O)O)cccc3c2)c(C)cc1Cc1nc(SCCCS(=O)(=O)O)nc(SCCCS(=O)(=O)O)n1.O=S(=O)=O. The van der Waals surface area contributed by atoms with Crippen LogP contribution in [-0.2, 0) is 47.4 Å². The van der Waals surface area contributed by atoms with Gasteiger partial charge < -0.3 is 4.74 Å². The topological polar surface area (TPSA) is 287 Å². The van der Waals surface area contributed by atoms with E-state index in [0.29, 0.717) is 61.1 Å².